The fraction of sp³-hybridized carbons (Fsp3) is 0.154. The maximum atomic E-state index is 12.0. The fourth-order valence-corrected chi connectivity index (χ4v) is 2.65. The smallest absolute Gasteiger partial charge is 0.339 e. The molecular weight excluding hydrogens is 330 g/mol. The van der Waals surface area contributed by atoms with Crippen molar-refractivity contribution in [3.8, 4) is 5.75 Å². The lowest BCUT2D eigenvalue weighted by molar-refractivity contribution is 0.484. The van der Waals surface area contributed by atoms with Gasteiger partial charge in [-0.2, -0.15) is 8.42 Å². The van der Waals surface area contributed by atoms with Gasteiger partial charge in [0.15, 0.2) is 5.75 Å². The summed E-state index contributed by atoms with van der Waals surface area (Å²) in [6, 6.07) is 11.3. The van der Waals surface area contributed by atoms with Crippen molar-refractivity contribution in [2.24, 2.45) is 0 Å². The number of hydrogen-bond acceptors (Lipinski definition) is 4. The van der Waals surface area contributed by atoms with Crippen molar-refractivity contribution < 1.29 is 12.6 Å². The Bertz CT molecular complexity index is 639. The summed E-state index contributed by atoms with van der Waals surface area (Å²) in [6.07, 6.45) is 1.40. The lowest BCUT2D eigenvalue weighted by Crippen LogP contribution is -2.09. The molecule has 6 heteroatoms. The van der Waals surface area contributed by atoms with Gasteiger partial charge in [-0.3, -0.25) is 4.98 Å². The summed E-state index contributed by atoms with van der Waals surface area (Å²) < 4.78 is 28.9. The van der Waals surface area contributed by atoms with Crippen molar-refractivity contribution in [3.05, 3.63) is 54.4 Å². The van der Waals surface area contributed by atoms with Crippen LogP contribution in [0.5, 0.6) is 5.75 Å². The molecule has 0 fully saturated rings. The van der Waals surface area contributed by atoms with Crippen LogP contribution in [0.3, 0.4) is 0 Å². The Morgan fingerprint density at radius 1 is 1.16 bits per heavy atom. The molecule has 0 spiro atoms. The molecule has 100 valence electrons. The second-order valence-electron chi connectivity index (χ2n) is 3.89. The number of hydrogen-bond donors (Lipinski definition) is 0. The Hall–Kier alpha value is -1.40. The second-order valence-corrected chi connectivity index (χ2v) is 6.81. The summed E-state index contributed by atoms with van der Waals surface area (Å²) in [5, 5.41) is 0. The molecule has 19 heavy (non-hydrogen) atoms. The predicted octanol–water partition coefficient (Wildman–Crippen LogP) is 3.31. The van der Waals surface area contributed by atoms with Crippen LogP contribution in [0.4, 0.5) is 0 Å². The van der Waals surface area contributed by atoms with Gasteiger partial charge in [-0.25, -0.2) is 0 Å². The predicted molar refractivity (Wildman–Crippen MR) is 75.8 cm³/mol. The van der Waals surface area contributed by atoms with E-state index in [-0.39, 0.29) is 15.5 Å². The van der Waals surface area contributed by atoms with Crippen LogP contribution in [0, 0.1) is 0 Å². The Morgan fingerprint density at radius 3 is 2.37 bits per heavy atom. The molecule has 0 saturated heterocycles. The van der Waals surface area contributed by atoms with Crippen molar-refractivity contribution in [2.75, 3.05) is 0 Å². The van der Waals surface area contributed by atoms with Crippen molar-refractivity contribution in [1.82, 2.24) is 4.98 Å². The van der Waals surface area contributed by atoms with E-state index in [4.69, 9.17) is 4.18 Å². The number of aromatic nitrogens is 1. The standard InChI is InChI=1S/C13H12BrNO3S/c1-10(14)13-8-7-11(9-15-13)18-19(16,17)12-5-3-2-4-6-12/h2-10H,1H3. The Morgan fingerprint density at radius 2 is 1.84 bits per heavy atom. The van der Waals surface area contributed by atoms with Gasteiger partial charge in [-0.1, -0.05) is 34.1 Å². The van der Waals surface area contributed by atoms with Crippen LogP contribution in [0.2, 0.25) is 0 Å². The zero-order valence-corrected chi connectivity index (χ0v) is 12.6. The highest BCUT2D eigenvalue weighted by atomic mass is 79.9. The van der Waals surface area contributed by atoms with Gasteiger partial charge in [0.05, 0.1) is 16.7 Å². The summed E-state index contributed by atoms with van der Waals surface area (Å²) in [6.45, 7) is 1.93. The first-order chi connectivity index (χ1) is 8.99. The van der Waals surface area contributed by atoms with E-state index < -0.39 is 10.1 Å². The van der Waals surface area contributed by atoms with Crippen LogP contribution in [-0.4, -0.2) is 13.4 Å². The van der Waals surface area contributed by atoms with Crippen LogP contribution in [0.1, 0.15) is 17.4 Å². The van der Waals surface area contributed by atoms with Gasteiger partial charge >= 0.3 is 10.1 Å². The third-order valence-corrected chi connectivity index (χ3v) is 4.14. The molecule has 0 aliphatic heterocycles. The number of benzene rings is 1. The van der Waals surface area contributed by atoms with Gasteiger partial charge in [-0.05, 0) is 31.2 Å². The highest BCUT2D eigenvalue weighted by Crippen LogP contribution is 2.22. The van der Waals surface area contributed by atoms with Crippen molar-refractivity contribution in [3.63, 3.8) is 0 Å². The van der Waals surface area contributed by atoms with Crippen LogP contribution in [0.25, 0.3) is 0 Å². The minimum absolute atomic E-state index is 0.104. The molecule has 0 bridgehead atoms. The molecule has 0 saturated carbocycles. The van der Waals surface area contributed by atoms with E-state index in [1.807, 2.05) is 6.92 Å². The lowest BCUT2D eigenvalue weighted by atomic mass is 10.3. The number of pyridine rings is 1. The summed E-state index contributed by atoms with van der Waals surface area (Å²) in [4.78, 5) is 4.34. The molecule has 1 heterocycles. The number of rotatable bonds is 4. The Kier molecular flexibility index (Phi) is 4.21. The molecule has 0 aliphatic rings. The molecule has 2 aromatic rings. The van der Waals surface area contributed by atoms with E-state index >= 15 is 0 Å². The summed E-state index contributed by atoms with van der Waals surface area (Å²) >= 11 is 3.38. The number of nitrogens with zero attached hydrogens (tertiary/aromatic N) is 1. The van der Waals surface area contributed by atoms with E-state index in [1.54, 1.807) is 30.3 Å². The molecule has 1 aromatic heterocycles. The SMILES string of the molecule is CC(Br)c1ccc(OS(=O)(=O)c2ccccc2)cn1. The quantitative estimate of drug-likeness (QED) is 0.632. The van der Waals surface area contributed by atoms with Crippen molar-refractivity contribution in [1.29, 1.82) is 0 Å². The molecule has 1 atom stereocenters. The van der Waals surface area contributed by atoms with Crippen molar-refractivity contribution >= 4 is 26.0 Å². The van der Waals surface area contributed by atoms with Gasteiger partial charge in [0.2, 0.25) is 0 Å². The molecule has 1 unspecified atom stereocenters. The third-order valence-electron chi connectivity index (χ3n) is 2.40. The minimum atomic E-state index is -3.80. The van der Waals surface area contributed by atoms with E-state index in [0.29, 0.717) is 0 Å². The maximum absolute atomic E-state index is 12.0. The highest BCUT2D eigenvalue weighted by molar-refractivity contribution is 9.09. The van der Waals surface area contributed by atoms with E-state index in [1.165, 1.54) is 18.3 Å². The Balaban J connectivity index is 2.21. The summed E-state index contributed by atoms with van der Waals surface area (Å²) in [5.41, 5.74) is 0.810. The van der Waals surface area contributed by atoms with Crippen LogP contribution < -0.4 is 4.18 Å². The average Bonchev–Trinajstić information content (AvgIpc) is 2.40. The second kappa shape index (κ2) is 5.71. The molecular formula is C13H12BrNO3S. The van der Waals surface area contributed by atoms with E-state index in [2.05, 4.69) is 20.9 Å². The molecule has 0 N–H and O–H groups in total. The highest BCUT2D eigenvalue weighted by Gasteiger charge is 2.16. The van der Waals surface area contributed by atoms with Gasteiger partial charge in [0.25, 0.3) is 0 Å². The van der Waals surface area contributed by atoms with E-state index in [0.717, 1.165) is 5.69 Å². The number of alkyl halides is 1. The minimum Gasteiger partial charge on any atom is -0.377 e. The van der Waals surface area contributed by atoms with Crippen LogP contribution in [-0.2, 0) is 10.1 Å². The molecule has 2 rings (SSSR count). The first-order valence-corrected chi connectivity index (χ1v) is 7.91. The average molecular weight is 342 g/mol. The van der Waals surface area contributed by atoms with E-state index in [9.17, 15) is 8.42 Å². The molecule has 0 radical (unpaired) electrons. The zero-order valence-electron chi connectivity index (χ0n) is 10.2. The Labute approximate surface area is 120 Å². The van der Waals surface area contributed by atoms with Gasteiger partial charge in [0, 0.05) is 0 Å². The largest absolute Gasteiger partial charge is 0.377 e. The van der Waals surface area contributed by atoms with Gasteiger partial charge in [0.1, 0.15) is 4.90 Å². The fourth-order valence-electron chi connectivity index (χ4n) is 1.44. The first kappa shape index (κ1) is 14.0. The topological polar surface area (TPSA) is 56.3 Å². The third kappa shape index (κ3) is 3.54. The van der Waals surface area contributed by atoms with Crippen LogP contribution >= 0.6 is 15.9 Å². The summed E-state index contributed by atoms with van der Waals surface area (Å²) in [5.74, 6) is 0.195. The van der Waals surface area contributed by atoms with Gasteiger partial charge in [-0.15, -0.1) is 0 Å². The zero-order chi connectivity index (χ0) is 13.9. The lowest BCUT2D eigenvalue weighted by Gasteiger charge is -2.07. The molecule has 4 nitrogen and oxygen atoms in total. The summed E-state index contributed by atoms with van der Waals surface area (Å²) in [7, 11) is -3.80. The van der Waals surface area contributed by atoms with Crippen molar-refractivity contribution in [2.45, 2.75) is 16.6 Å². The molecule has 0 amide bonds. The number of halogens is 1. The van der Waals surface area contributed by atoms with Gasteiger partial charge < -0.3 is 4.18 Å². The monoisotopic (exact) mass is 341 g/mol. The molecule has 0 aliphatic carbocycles. The van der Waals surface area contributed by atoms with Crippen LogP contribution in [0.15, 0.2) is 53.6 Å². The maximum Gasteiger partial charge on any atom is 0.339 e. The molecule has 1 aromatic carbocycles. The first-order valence-electron chi connectivity index (χ1n) is 5.58. The normalized spacial score (nSPS) is 12.9.